The zero-order valence-corrected chi connectivity index (χ0v) is 13.4. The molecule has 1 aromatic carbocycles. The van der Waals surface area contributed by atoms with Crippen molar-refractivity contribution in [3.05, 3.63) is 35.9 Å². The molecule has 1 aliphatic rings. The van der Waals surface area contributed by atoms with Crippen LogP contribution in [0, 0.1) is 0 Å². The molecule has 1 fully saturated rings. The first-order valence-electron chi connectivity index (χ1n) is 7.59. The zero-order valence-electron chi connectivity index (χ0n) is 13.4. The summed E-state index contributed by atoms with van der Waals surface area (Å²) >= 11 is 0. The molecule has 1 aromatic rings. The van der Waals surface area contributed by atoms with Crippen molar-refractivity contribution in [2.45, 2.75) is 51.8 Å². The lowest BCUT2D eigenvalue weighted by Crippen LogP contribution is -2.57. The maximum Gasteiger partial charge on any atom is 0.318 e. The number of amides is 2. The van der Waals surface area contributed by atoms with Gasteiger partial charge in [-0.15, -0.1) is 0 Å². The Morgan fingerprint density at radius 2 is 2.00 bits per heavy atom. The molecule has 1 aliphatic heterocycles. The SMILES string of the molecule is CC1COC(Cc2ccccc2)CN1C(=O)NC(C)(C)C. The van der Waals surface area contributed by atoms with Gasteiger partial charge in [0, 0.05) is 18.5 Å². The van der Waals surface area contributed by atoms with Gasteiger partial charge in [0.2, 0.25) is 0 Å². The number of nitrogens with one attached hydrogen (secondary N) is 1. The molecule has 2 atom stereocenters. The molecule has 4 nitrogen and oxygen atoms in total. The lowest BCUT2D eigenvalue weighted by molar-refractivity contribution is -0.0410. The van der Waals surface area contributed by atoms with E-state index in [1.54, 1.807) is 0 Å². The monoisotopic (exact) mass is 290 g/mol. The number of urea groups is 1. The van der Waals surface area contributed by atoms with Gasteiger partial charge in [0.05, 0.1) is 18.8 Å². The molecule has 0 saturated carbocycles. The van der Waals surface area contributed by atoms with E-state index in [0.29, 0.717) is 13.2 Å². The first-order chi connectivity index (χ1) is 9.85. The minimum absolute atomic E-state index is 0.00337. The number of ether oxygens (including phenoxy) is 1. The van der Waals surface area contributed by atoms with E-state index in [1.807, 2.05) is 50.8 Å². The van der Waals surface area contributed by atoms with Gasteiger partial charge in [0.1, 0.15) is 0 Å². The number of benzene rings is 1. The molecule has 0 bridgehead atoms. The summed E-state index contributed by atoms with van der Waals surface area (Å²) in [6.07, 6.45) is 0.904. The fourth-order valence-corrected chi connectivity index (χ4v) is 2.49. The normalized spacial score (nSPS) is 23.0. The van der Waals surface area contributed by atoms with Crippen molar-refractivity contribution in [3.8, 4) is 0 Å². The van der Waals surface area contributed by atoms with Crippen LogP contribution in [-0.4, -0.2) is 41.8 Å². The molecule has 116 valence electrons. The molecule has 1 heterocycles. The highest BCUT2D eigenvalue weighted by Gasteiger charge is 2.31. The van der Waals surface area contributed by atoms with E-state index >= 15 is 0 Å². The van der Waals surface area contributed by atoms with Crippen LogP contribution in [0.2, 0.25) is 0 Å². The van der Waals surface area contributed by atoms with Gasteiger partial charge >= 0.3 is 6.03 Å². The molecule has 2 unspecified atom stereocenters. The number of carbonyl (C=O) groups is 1. The largest absolute Gasteiger partial charge is 0.374 e. The van der Waals surface area contributed by atoms with Gasteiger partial charge in [-0.2, -0.15) is 0 Å². The smallest absolute Gasteiger partial charge is 0.318 e. The average molecular weight is 290 g/mol. The molecule has 0 radical (unpaired) electrons. The number of nitrogens with zero attached hydrogens (tertiary/aromatic N) is 1. The van der Waals surface area contributed by atoms with E-state index in [-0.39, 0.29) is 23.7 Å². The van der Waals surface area contributed by atoms with E-state index in [0.717, 1.165) is 6.42 Å². The highest BCUT2D eigenvalue weighted by atomic mass is 16.5. The summed E-state index contributed by atoms with van der Waals surface area (Å²) in [5.41, 5.74) is 1.03. The summed E-state index contributed by atoms with van der Waals surface area (Å²) in [6, 6.07) is 10.4. The number of carbonyl (C=O) groups excluding carboxylic acids is 1. The lowest BCUT2D eigenvalue weighted by atomic mass is 10.1. The third-order valence-corrected chi connectivity index (χ3v) is 3.55. The van der Waals surface area contributed by atoms with E-state index in [2.05, 4.69) is 17.4 Å². The zero-order chi connectivity index (χ0) is 15.5. The molecule has 0 aromatic heterocycles. The molecule has 21 heavy (non-hydrogen) atoms. The van der Waals surface area contributed by atoms with Crippen LogP contribution in [0.25, 0.3) is 0 Å². The molecular weight excluding hydrogens is 264 g/mol. The summed E-state index contributed by atoms with van der Waals surface area (Å²) in [4.78, 5) is 14.3. The Balaban J connectivity index is 1.97. The summed E-state index contributed by atoms with van der Waals surface area (Å²) in [5.74, 6) is 0. The second kappa shape index (κ2) is 6.48. The van der Waals surface area contributed by atoms with Crippen molar-refractivity contribution in [1.29, 1.82) is 0 Å². The van der Waals surface area contributed by atoms with Crippen LogP contribution in [0.15, 0.2) is 30.3 Å². The van der Waals surface area contributed by atoms with Crippen LogP contribution in [-0.2, 0) is 11.2 Å². The third kappa shape index (κ3) is 4.74. The Hall–Kier alpha value is -1.55. The highest BCUT2D eigenvalue weighted by molar-refractivity contribution is 5.75. The summed E-state index contributed by atoms with van der Waals surface area (Å²) in [7, 11) is 0. The first-order valence-corrected chi connectivity index (χ1v) is 7.59. The predicted molar refractivity (Wildman–Crippen MR) is 84.3 cm³/mol. The Morgan fingerprint density at radius 3 is 2.62 bits per heavy atom. The maximum atomic E-state index is 12.4. The van der Waals surface area contributed by atoms with Gasteiger partial charge in [0.15, 0.2) is 0 Å². The van der Waals surface area contributed by atoms with Crippen molar-refractivity contribution in [2.24, 2.45) is 0 Å². The predicted octanol–water partition coefficient (Wildman–Crippen LogP) is 2.83. The number of morpholine rings is 1. The summed E-state index contributed by atoms with van der Waals surface area (Å²) in [5, 5.41) is 3.04. The minimum Gasteiger partial charge on any atom is -0.374 e. The van der Waals surface area contributed by atoms with Gasteiger partial charge in [-0.25, -0.2) is 4.79 Å². The fourth-order valence-electron chi connectivity index (χ4n) is 2.49. The van der Waals surface area contributed by atoms with Crippen molar-refractivity contribution < 1.29 is 9.53 Å². The Kier molecular flexibility index (Phi) is 4.88. The average Bonchev–Trinajstić information content (AvgIpc) is 2.40. The quantitative estimate of drug-likeness (QED) is 0.910. The molecule has 1 saturated heterocycles. The Bertz CT molecular complexity index is 467. The third-order valence-electron chi connectivity index (χ3n) is 3.55. The second-order valence-corrected chi connectivity index (χ2v) is 6.83. The Labute approximate surface area is 127 Å². The standard InChI is InChI=1S/C17H26N2O2/c1-13-12-21-15(10-14-8-6-5-7-9-14)11-19(13)16(20)18-17(2,3)4/h5-9,13,15H,10-12H2,1-4H3,(H,18,20). The number of hydrogen-bond acceptors (Lipinski definition) is 2. The summed E-state index contributed by atoms with van der Waals surface area (Å²) < 4.78 is 5.88. The molecule has 0 aliphatic carbocycles. The van der Waals surface area contributed by atoms with Crippen LogP contribution >= 0.6 is 0 Å². The number of hydrogen-bond donors (Lipinski definition) is 1. The minimum atomic E-state index is -0.218. The van der Waals surface area contributed by atoms with Crippen molar-refractivity contribution in [1.82, 2.24) is 10.2 Å². The Morgan fingerprint density at radius 1 is 1.33 bits per heavy atom. The highest BCUT2D eigenvalue weighted by Crippen LogP contribution is 2.16. The van der Waals surface area contributed by atoms with Crippen molar-refractivity contribution in [3.63, 3.8) is 0 Å². The van der Waals surface area contributed by atoms with Gasteiger partial charge in [-0.05, 0) is 33.3 Å². The van der Waals surface area contributed by atoms with E-state index < -0.39 is 0 Å². The van der Waals surface area contributed by atoms with Crippen LogP contribution in [0.3, 0.4) is 0 Å². The molecular formula is C17H26N2O2. The van der Waals surface area contributed by atoms with E-state index in [4.69, 9.17) is 4.74 Å². The molecule has 2 amide bonds. The lowest BCUT2D eigenvalue weighted by Gasteiger charge is -2.39. The van der Waals surface area contributed by atoms with Gasteiger partial charge in [0.25, 0.3) is 0 Å². The van der Waals surface area contributed by atoms with E-state index in [1.165, 1.54) is 5.56 Å². The number of rotatable bonds is 2. The second-order valence-electron chi connectivity index (χ2n) is 6.83. The topological polar surface area (TPSA) is 41.6 Å². The van der Waals surface area contributed by atoms with Crippen LogP contribution in [0.1, 0.15) is 33.3 Å². The van der Waals surface area contributed by atoms with Gasteiger partial charge in [-0.1, -0.05) is 30.3 Å². The molecule has 1 N–H and O–H groups in total. The summed E-state index contributed by atoms with van der Waals surface area (Å²) in [6.45, 7) is 9.25. The fraction of sp³-hybridized carbons (Fsp3) is 0.588. The van der Waals surface area contributed by atoms with Crippen LogP contribution in [0.5, 0.6) is 0 Å². The van der Waals surface area contributed by atoms with Crippen molar-refractivity contribution >= 4 is 6.03 Å². The first kappa shape index (κ1) is 15.8. The molecule has 2 rings (SSSR count). The van der Waals surface area contributed by atoms with Crippen LogP contribution in [0.4, 0.5) is 4.79 Å². The van der Waals surface area contributed by atoms with Gasteiger partial charge in [-0.3, -0.25) is 0 Å². The molecule has 4 heteroatoms. The van der Waals surface area contributed by atoms with Gasteiger partial charge < -0.3 is 15.0 Å². The van der Waals surface area contributed by atoms with Crippen molar-refractivity contribution in [2.75, 3.05) is 13.2 Å². The van der Waals surface area contributed by atoms with Crippen LogP contribution < -0.4 is 5.32 Å². The van der Waals surface area contributed by atoms with E-state index in [9.17, 15) is 4.79 Å². The molecule has 0 spiro atoms. The maximum absolute atomic E-state index is 12.4.